The summed E-state index contributed by atoms with van der Waals surface area (Å²) in [7, 11) is 1.77. The minimum Gasteiger partial charge on any atom is -0.360 e. The number of pyridine rings is 1. The van der Waals surface area contributed by atoms with Crippen molar-refractivity contribution in [1.29, 1.82) is 0 Å². The molecule has 33 heavy (non-hydrogen) atoms. The molecule has 0 aliphatic carbocycles. The molecule has 5 aromatic rings. The van der Waals surface area contributed by atoms with E-state index in [1.807, 2.05) is 18.2 Å². The van der Waals surface area contributed by atoms with Gasteiger partial charge in [-0.3, -0.25) is 9.59 Å². The Balaban J connectivity index is 1.67. The zero-order valence-corrected chi connectivity index (χ0v) is 18.2. The maximum atomic E-state index is 13.8. The van der Waals surface area contributed by atoms with E-state index in [2.05, 4.69) is 15.1 Å². The molecule has 1 aliphatic heterocycles. The minimum atomic E-state index is -0.423. The van der Waals surface area contributed by atoms with Gasteiger partial charge in [0.2, 0.25) is 0 Å². The van der Waals surface area contributed by atoms with Crippen molar-refractivity contribution in [3.05, 3.63) is 89.3 Å². The summed E-state index contributed by atoms with van der Waals surface area (Å²) in [6.07, 6.45) is 3.41. The van der Waals surface area contributed by atoms with Crippen LogP contribution in [0.4, 0.5) is 5.69 Å². The highest BCUT2D eigenvalue weighted by atomic mass is 35.5. The first-order chi connectivity index (χ1) is 16.0. The molecular weight excluding hydrogens is 438 g/mol. The van der Waals surface area contributed by atoms with Gasteiger partial charge in [0.25, 0.3) is 11.8 Å². The molecule has 8 heteroatoms. The van der Waals surface area contributed by atoms with E-state index >= 15 is 0 Å². The molecule has 1 N–H and O–H groups in total. The van der Waals surface area contributed by atoms with Gasteiger partial charge in [-0.2, -0.15) is 5.10 Å². The molecule has 6 rings (SSSR count). The number of aromatic nitrogens is 4. The number of nitrogens with zero attached hydrogens (tertiary/aromatic N) is 4. The smallest absolute Gasteiger partial charge is 0.268 e. The van der Waals surface area contributed by atoms with E-state index in [4.69, 9.17) is 11.6 Å². The molecule has 3 aromatic heterocycles. The first-order valence-corrected chi connectivity index (χ1v) is 10.7. The van der Waals surface area contributed by atoms with Crippen molar-refractivity contribution in [3.63, 3.8) is 0 Å². The molecule has 4 heterocycles. The fraction of sp³-hybridized carbons (Fsp3) is 0.0400. The molecule has 0 spiro atoms. The van der Waals surface area contributed by atoms with E-state index < -0.39 is 11.8 Å². The van der Waals surface area contributed by atoms with Crippen molar-refractivity contribution in [2.24, 2.45) is 7.05 Å². The van der Waals surface area contributed by atoms with E-state index in [9.17, 15) is 9.59 Å². The summed E-state index contributed by atoms with van der Waals surface area (Å²) in [5.41, 5.74) is 3.49. The van der Waals surface area contributed by atoms with Crippen LogP contribution in [0.15, 0.2) is 73.1 Å². The van der Waals surface area contributed by atoms with Crippen LogP contribution >= 0.6 is 11.6 Å². The van der Waals surface area contributed by atoms with E-state index in [1.54, 1.807) is 66.6 Å². The van der Waals surface area contributed by atoms with Crippen LogP contribution in [0.5, 0.6) is 0 Å². The van der Waals surface area contributed by atoms with Gasteiger partial charge in [-0.05, 0) is 36.4 Å². The highest BCUT2D eigenvalue weighted by Gasteiger charge is 2.43. The lowest BCUT2D eigenvalue weighted by molar-refractivity contribution is -0.119. The topological polar surface area (TPSA) is 83.9 Å². The number of amides is 2. The average Bonchev–Trinajstić information content (AvgIpc) is 3.46. The summed E-state index contributed by atoms with van der Waals surface area (Å²) < 4.78 is 1.62. The molecule has 0 bridgehead atoms. The van der Waals surface area contributed by atoms with E-state index in [1.165, 1.54) is 4.90 Å². The molecule has 2 amide bonds. The highest BCUT2D eigenvalue weighted by molar-refractivity contribution is 6.58. The van der Waals surface area contributed by atoms with E-state index in [0.717, 1.165) is 10.9 Å². The quantitative estimate of drug-likeness (QED) is 0.405. The number of para-hydroxylation sites is 1. The Morgan fingerprint density at radius 3 is 2.52 bits per heavy atom. The van der Waals surface area contributed by atoms with Gasteiger partial charge in [0.15, 0.2) is 5.65 Å². The Kier molecular flexibility index (Phi) is 4.21. The number of aryl methyl sites for hydroxylation is 1. The van der Waals surface area contributed by atoms with Crippen LogP contribution in [0.25, 0.3) is 33.1 Å². The lowest BCUT2D eigenvalue weighted by Gasteiger charge is -2.14. The molecular formula is C25H16ClN5O2. The Morgan fingerprint density at radius 2 is 1.70 bits per heavy atom. The molecule has 0 saturated carbocycles. The number of aromatic amines is 1. The number of rotatable bonds is 3. The molecule has 0 atom stereocenters. The number of hydrogen-bond acceptors (Lipinski definition) is 4. The number of halogens is 1. The van der Waals surface area contributed by atoms with Crippen LogP contribution in [-0.2, 0) is 16.6 Å². The minimum absolute atomic E-state index is 0.248. The van der Waals surface area contributed by atoms with Crippen molar-refractivity contribution in [2.45, 2.75) is 0 Å². The SMILES string of the molecule is Cn1nc(C2=C(c3c[nH]c4cc(Cl)ccc34)C(=O)N(c3ccccc3)C2=O)c2cccnc21. The first-order valence-electron chi connectivity index (χ1n) is 10.3. The molecule has 2 aromatic carbocycles. The van der Waals surface area contributed by atoms with Crippen molar-refractivity contribution in [2.75, 3.05) is 4.90 Å². The average molecular weight is 454 g/mol. The van der Waals surface area contributed by atoms with Crippen LogP contribution in [0.2, 0.25) is 5.02 Å². The van der Waals surface area contributed by atoms with Gasteiger partial charge in [-0.1, -0.05) is 35.9 Å². The van der Waals surface area contributed by atoms with Crippen LogP contribution < -0.4 is 4.90 Å². The van der Waals surface area contributed by atoms with Crippen molar-refractivity contribution >= 4 is 62.2 Å². The molecule has 0 unspecified atom stereocenters. The maximum absolute atomic E-state index is 13.8. The van der Waals surface area contributed by atoms with Gasteiger partial charge in [-0.25, -0.2) is 14.6 Å². The Morgan fingerprint density at radius 1 is 0.909 bits per heavy atom. The number of hydrogen-bond donors (Lipinski definition) is 1. The lowest BCUT2D eigenvalue weighted by atomic mass is 9.98. The number of carbonyl (C=O) groups excluding carboxylic acids is 2. The first kappa shape index (κ1) is 19.5. The standard InChI is InChI=1S/C25H16ClN5O2/c1-30-23-17(8-5-11-27-23)22(29-30)21-20(18-13-28-19-12-14(26)9-10-16(18)19)24(32)31(25(21)33)15-6-3-2-4-7-15/h2-13,28H,1H3. The molecule has 7 nitrogen and oxygen atoms in total. The number of benzene rings is 2. The summed E-state index contributed by atoms with van der Waals surface area (Å²) in [5.74, 6) is -0.826. The van der Waals surface area contributed by atoms with Gasteiger partial charge in [0, 0.05) is 46.3 Å². The highest BCUT2D eigenvalue weighted by Crippen LogP contribution is 2.41. The zero-order chi connectivity index (χ0) is 22.7. The van der Waals surface area contributed by atoms with Gasteiger partial charge in [-0.15, -0.1) is 0 Å². The third-order valence-corrected chi connectivity index (χ3v) is 6.08. The van der Waals surface area contributed by atoms with Crippen LogP contribution in [0.3, 0.4) is 0 Å². The molecule has 0 radical (unpaired) electrons. The number of fused-ring (bicyclic) bond motifs is 2. The summed E-state index contributed by atoms with van der Waals surface area (Å²) in [6, 6.07) is 17.9. The third-order valence-electron chi connectivity index (χ3n) is 5.85. The Labute approximate surface area is 192 Å². The van der Waals surface area contributed by atoms with Gasteiger partial charge in [0.05, 0.1) is 16.8 Å². The largest absolute Gasteiger partial charge is 0.360 e. The van der Waals surface area contributed by atoms with Gasteiger partial charge < -0.3 is 4.98 Å². The third kappa shape index (κ3) is 2.83. The Bertz CT molecular complexity index is 1630. The van der Waals surface area contributed by atoms with Crippen molar-refractivity contribution < 1.29 is 9.59 Å². The van der Waals surface area contributed by atoms with Crippen LogP contribution in [0.1, 0.15) is 11.3 Å². The van der Waals surface area contributed by atoms with Crippen LogP contribution in [-0.4, -0.2) is 31.6 Å². The van der Waals surface area contributed by atoms with Crippen LogP contribution in [0, 0.1) is 0 Å². The predicted octanol–water partition coefficient (Wildman–Crippen LogP) is 4.59. The number of imide groups is 1. The second-order valence-corrected chi connectivity index (χ2v) is 8.21. The second-order valence-electron chi connectivity index (χ2n) is 7.77. The Hall–Kier alpha value is -4.23. The summed E-state index contributed by atoms with van der Waals surface area (Å²) in [6.45, 7) is 0. The summed E-state index contributed by atoms with van der Waals surface area (Å²) >= 11 is 6.15. The van der Waals surface area contributed by atoms with Crippen molar-refractivity contribution in [1.82, 2.24) is 19.7 Å². The lowest BCUT2D eigenvalue weighted by Crippen LogP contribution is -2.31. The van der Waals surface area contributed by atoms with E-state index in [-0.39, 0.29) is 5.57 Å². The summed E-state index contributed by atoms with van der Waals surface area (Å²) in [5, 5.41) is 6.67. The monoisotopic (exact) mass is 453 g/mol. The number of anilines is 1. The van der Waals surface area contributed by atoms with Gasteiger partial charge in [0.1, 0.15) is 5.69 Å². The molecule has 160 valence electrons. The fourth-order valence-corrected chi connectivity index (χ4v) is 4.56. The maximum Gasteiger partial charge on any atom is 0.268 e. The predicted molar refractivity (Wildman–Crippen MR) is 128 cm³/mol. The molecule has 0 fully saturated rings. The normalized spacial score (nSPS) is 14.3. The fourth-order valence-electron chi connectivity index (χ4n) is 4.39. The second kappa shape index (κ2) is 7.15. The molecule has 0 saturated heterocycles. The molecule has 1 aliphatic rings. The number of carbonyl (C=O) groups is 2. The summed E-state index contributed by atoms with van der Waals surface area (Å²) in [4.78, 5) is 36.4. The number of H-pyrrole nitrogens is 1. The van der Waals surface area contributed by atoms with Crippen molar-refractivity contribution in [3.8, 4) is 0 Å². The number of nitrogens with one attached hydrogen (secondary N) is 1. The van der Waals surface area contributed by atoms with E-state index in [0.29, 0.717) is 38.6 Å². The zero-order valence-electron chi connectivity index (χ0n) is 17.4. The van der Waals surface area contributed by atoms with Gasteiger partial charge >= 0.3 is 0 Å².